The van der Waals surface area contributed by atoms with Crippen molar-refractivity contribution in [1.29, 1.82) is 0 Å². The molecular weight excluding hydrogens is 286 g/mol. The van der Waals surface area contributed by atoms with Gasteiger partial charge in [-0.1, -0.05) is 0 Å². The van der Waals surface area contributed by atoms with Gasteiger partial charge in [-0.05, 0) is 33.6 Å². The van der Waals surface area contributed by atoms with E-state index in [0.29, 0.717) is 18.8 Å². The van der Waals surface area contributed by atoms with E-state index in [1.165, 1.54) is 10.9 Å². The Balaban J connectivity index is 2.14. The third-order valence-corrected chi connectivity index (χ3v) is 3.55. The molecule has 2 rings (SSSR count). The standard InChI is InChI=1S/C15H23N3O4/c1-15(2,3)22-14(21)18-7-5-6-10(8-18)12-11(13(19)20)9-17(4)16-12/h9-10H,5-8H2,1-4H3,(H,19,20)/t10-/m1/s1. The molecule has 7 nitrogen and oxygen atoms in total. The molecule has 1 aliphatic rings. The van der Waals surface area contributed by atoms with E-state index in [9.17, 15) is 14.7 Å². The number of carboxylic acid groups (broad SMARTS) is 1. The van der Waals surface area contributed by atoms with E-state index in [0.717, 1.165) is 12.8 Å². The Hall–Kier alpha value is -2.05. The fraction of sp³-hybridized carbons (Fsp3) is 0.667. The smallest absolute Gasteiger partial charge is 0.410 e. The van der Waals surface area contributed by atoms with Gasteiger partial charge in [-0.2, -0.15) is 5.10 Å². The van der Waals surface area contributed by atoms with Crippen LogP contribution in [0.15, 0.2) is 6.20 Å². The summed E-state index contributed by atoms with van der Waals surface area (Å²) in [5.41, 5.74) is 0.211. The van der Waals surface area contributed by atoms with Crippen molar-refractivity contribution in [2.75, 3.05) is 13.1 Å². The maximum absolute atomic E-state index is 12.2. The fourth-order valence-electron chi connectivity index (χ4n) is 2.66. The van der Waals surface area contributed by atoms with Crippen molar-refractivity contribution in [2.24, 2.45) is 7.05 Å². The molecule has 0 unspecified atom stereocenters. The summed E-state index contributed by atoms with van der Waals surface area (Å²) in [5, 5.41) is 13.6. The Morgan fingerprint density at radius 1 is 1.41 bits per heavy atom. The monoisotopic (exact) mass is 309 g/mol. The second-order valence-corrected chi connectivity index (χ2v) is 6.67. The lowest BCUT2D eigenvalue weighted by atomic mass is 9.93. The molecule has 1 saturated heterocycles. The summed E-state index contributed by atoms with van der Waals surface area (Å²) >= 11 is 0. The van der Waals surface area contributed by atoms with Gasteiger partial charge < -0.3 is 14.7 Å². The van der Waals surface area contributed by atoms with E-state index < -0.39 is 11.6 Å². The van der Waals surface area contributed by atoms with Gasteiger partial charge in [0.1, 0.15) is 11.2 Å². The van der Waals surface area contributed by atoms with Crippen LogP contribution in [0, 0.1) is 0 Å². The number of hydrogen-bond donors (Lipinski definition) is 1. The van der Waals surface area contributed by atoms with Crippen molar-refractivity contribution in [1.82, 2.24) is 14.7 Å². The van der Waals surface area contributed by atoms with Gasteiger partial charge in [0.15, 0.2) is 0 Å². The summed E-state index contributed by atoms with van der Waals surface area (Å²) in [5.74, 6) is -1.06. The lowest BCUT2D eigenvalue weighted by molar-refractivity contribution is 0.0197. The van der Waals surface area contributed by atoms with E-state index in [-0.39, 0.29) is 17.6 Å². The highest BCUT2D eigenvalue weighted by atomic mass is 16.6. The van der Waals surface area contributed by atoms with Crippen LogP contribution in [0.1, 0.15) is 55.6 Å². The van der Waals surface area contributed by atoms with Gasteiger partial charge in [-0.15, -0.1) is 0 Å². The number of aromatic carboxylic acids is 1. The normalized spacial score (nSPS) is 19.1. The number of carboxylic acids is 1. The molecule has 122 valence electrons. The van der Waals surface area contributed by atoms with Crippen LogP contribution in [0.5, 0.6) is 0 Å². The zero-order valence-corrected chi connectivity index (χ0v) is 13.5. The SMILES string of the molecule is Cn1cc(C(=O)O)c([C@@H]2CCCN(C(=O)OC(C)(C)C)C2)n1. The van der Waals surface area contributed by atoms with Gasteiger partial charge in [-0.3, -0.25) is 4.68 Å². The lowest BCUT2D eigenvalue weighted by Crippen LogP contribution is -2.42. The maximum atomic E-state index is 12.2. The quantitative estimate of drug-likeness (QED) is 0.905. The predicted octanol–water partition coefficient (Wildman–Crippen LogP) is 2.23. The first-order valence-electron chi connectivity index (χ1n) is 7.42. The average molecular weight is 309 g/mol. The van der Waals surface area contributed by atoms with Gasteiger partial charge in [-0.25, -0.2) is 9.59 Å². The first-order chi connectivity index (χ1) is 10.2. The van der Waals surface area contributed by atoms with Gasteiger partial charge in [0, 0.05) is 32.3 Å². The first kappa shape index (κ1) is 16.3. The predicted molar refractivity (Wildman–Crippen MR) is 79.9 cm³/mol. The van der Waals surface area contributed by atoms with Crippen LogP contribution >= 0.6 is 0 Å². The molecule has 1 aromatic rings. The Morgan fingerprint density at radius 3 is 2.68 bits per heavy atom. The molecule has 1 aliphatic heterocycles. The minimum Gasteiger partial charge on any atom is -0.478 e. The first-order valence-corrected chi connectivity index (χ1v) is 7.42. The molecular formula is C15H23N3O4. The number of amides is 1. The number of aromatic nitrogens is 2. The Bertz CT molecular complexity index is 574. The van der Waals surface area contributed by atoms with Crippen LogP contribution in [-0.4, -0.2) is 50.5 Å². The van der Waals surface area contributed by atoms with Crippen molar-refractivity contribution in [3.8, 4) is 0 Å². The van der Waals surface area contributed by atoms with Crippen LogP contribution in [0.2, 0.25) is 0 Å². The molecule has 0 radical (unpaired) electrons. The number of carbonyl (C=O) groups is 2. The van der Waals surface area contributed by atoms with Gasteiger partial charge in [0.25, 0.3) is 0 Å². The van der Waals surface area contributed by atoms with Crippen molar-refractivity contribution in [2.45, 2.75) is 45.1 Å². The maximum Gasteiger partial charge on any atom is 0.410 e. The minimum atomic E-state index is -0.988. The zero-order chi connectivity index (χ0) is 16.5. The number of likely N-dealkylation sites (tertiary alicyclic amines) is 1. The van der Waals surface area contributed by atoms with Gasteiger partial charge in [0.2, 0.25) is 0 Å². The zero-order valence-electron chi connectivity index (χ0n) is 13.5. The molecule has 0 bridgehead atoms. The Labute approximate surface area is 129 Å². The van der Waals surface area contributed by atoms with Crippen LogP contribution in [0.25, 0.3) is 0 Å². The van der Waals surface area contributed by atoms with Crippen LogP contribution in [0.4, 0.5) is 4.79 Å². The summed E-state index contributed by atoms with van der Waals surface area (Å²) in [6.45, 7) is 6.54. The summed E-state index contributed by atoms with van der Waals surface area (Å²) in [4.78, 5) is 25.1. The van der Waals surface area contributed by atoms with E-state index in [1.54, 1.807) is 11.9 Å². The fourth-order valence-corrected chi connectivity index (χ4v) is 2.66. The molecule has 0 spiro atoms. The van der Waals surface area contributed by atoms with E-state index in [2.05, 4.69) is 5.10 Å². The topological polar surface area (TPSA) is 84.7 Å². The molecule has 7 heteroatoms. The average Bonchev–Trinajstić information content (AvgIpc) is 2.79. The van der Waals surface area contributed by atoms with Crippen molar-refractivity contribution in [3.05, 3.63) is 17.5 Å². The van der Waals surface area contributed by atoms with Gasteiger partial charge >= 0.3 is 12.1 Å². The Kier molecular flexibility index (Phi) is 4.44. The second-order valence-electron chi connectivity index (χ2n) is 6.67. The van der Waals surface area contributed by atoms with E-state index in [4.69, 9.17) is 4.74 Å². The molecule has 1 atom stereocenters. The van der Waals surface area contributed by atoms with E-state index >= 15 is 0 Å². The third-order valence-electron chi connectivity index (χ3n) is 3.55. The summed E-state index contributed by atoms with van der Waals surface area (Å²) in [6, 6.07) is 0. The summed E-state index contributed by atoms with van der Waals surface area (Å²) < 4.78 is 6.89. The molecule has 2 heterocycles. The molecule has 1 N–H and O–H groups in total. The number of nitrogens with zero attached hydrogens (tertiary/aromatic N) is 3. The number of carbonyl (C=O) groups excluding carboxylic acids is 1. The van der Waals surface area contributed by atoms with Crippen molar-refractivity contribution in [3.63, 3.8) is 0 Å². The Morgan fingerprint density at radius 2 is 2.09 bits per heavy atom. The largest absolute Gasteiger partial charge is 0.478 e. The highest BCUT2D eigenvalue weighted by molar-refractivity contribution is 5.88. The second kappa shape index (κ2) is 5.98. The third kappa shape index (κ3) is 3.78. The van der Waals surface area contributed by atoms with Crippen LogP contribution in [-0.2, 0) is 11.8 Å². The number of aryl methyl sites for hydroxylation is 1. The van der Waals surface area contributed by atoms with Crippen molar-refractivity contribution < 1.29 is 19.4 Å². The summed E-state index contributed by atoms with van der Waals surface area (Å²) in [7, 11) is 1.70. The number of rotatable bonds is 2. The number of hydrogen-bond acceptors (Lipinski definition) is 4. The molecule has 22 heavy (non-hydrogen) atoms. The highest BCUT2D eigenvalue weighted by Crippen LogP contribution is 2.29. The molecule has 1 amide bonds. The molecule has 1 aromatic heterocycles. The molecule has 1 fully saturated rings. The minimum absolute atomic E-state index is 0.0754. The van der Waals surface area contributed by atoms with Gasteiger partial charge in [0.05, 0.1) is 5.69 Å². The molecule has 0 aromatic carbocycles. The van der Waals surface area contributed by atoms with E-state index in [1.807, 2.05) is 20.8 Å². The van der Waals surface area contributed by atoms with Crippen LogP contribution in [0.3, 0.4) is 0 Å². The van der Waals surface area contributed by atoms with Crippen LogP contribution < -0.4 is 0 Å². The molecule has 0 aliphatic carbocycles. The highest BCUT2D eigenvalue weighted by Gasteiger charge is 2.31. The number of ether oxygens (including phenoxy) is 1. The van der Waals surface area contributed by atoms with Crippen molar-refractivity contribution >= 4 is 12.1 Å². The summed E-state index contributed by atoms with van der Waals surface area (Å²) in [6.07, 6.45) is 2.77. The molecule has 0 saturated carbocycles. The lowest BCUT2D eigenvalue weighted by Gasteiger charge is -2.33. The number of piperidine rings is 1.